The molecule has 0 heterocycles. The van der Waals surface area contributed by atoms with E-state index in [0.29, 0.717) is 12.0 Å². The van der Waals surface area contributed by atoms with Crippen LogP contribution >= 0.6 is 0 Å². The van der Waals surface area contributed by atoms with Gasteiger partial charge in [-0.05, 0) is 31.9 Å². The molecule has 0 amide bonds. The summed E-state index contributed by atoms with van der Waals surface area (Å²) >= 11 is 0. The van der Waals surface area contributed by atoms with Gasteiger partial charge >= 0.3 is 0 Å². The Kier molecular flexibility index (Phi) is 7.45. The van der Waals surface area contributed by atoms with Gasteiger partial charge in [-0.2, -0.15) is 0 Å². The van der Waals surface area contributed by atoms with Gasteiger partial charge in [0.15, 0.2) is 0 Å². The summed E-state index contributed by atoms with van der Waals surface area (Å²) in [6.45, 7) is 4.50. The molecule has 0 bridgehead atoms. The van der Waals surface area contributed by atoms with E-state index in [1.807, 2.05) is 19.2 Å². The molecule has 1 aromatic rings. The summed E-state index contributed by atoms with van der Waals surface area (Å²) in [6.07, 6.45) is 4.88. The van der Waals surface area contributed by atoms with Gasteiger partial charge in [0.1, 0.15) is 11.5 Å². The van der Waals surface area contributed by atoms with Gasteiger partial charge in [0, 0.05) is 17.7 Å². The zero-order chi connectivity index (χ0) is 15.0. The van der Waals surface area contributed by atoms with E-state index < -0.39 is 0 Å². The molecule has 3 heteroatoms. The maximum Gasteiger partial charge on any atom is 0.127 e. The molecular weight excluding hydrogens is 250 g/mol. The quantitative estimate of drug-likeness (QED) is 0.735. The van der Waals surface area contributed by atoms with E-state index in [9.17, 15) is 0 Å². The first-order chi connectivity index (χ1) is 9.71. The van der Waals surface area contributed by atoms with Crippen molar-refractivity contribution in [3.8, 4) is 11.5 Å². The van der Waals surface area contributed by atoms with Crippen molar-refractivity contribution in [3.63, 3.8) is 0 Å². The van der Waals surface area contributed by atoms with Gasteiger partial charge in [-0.25, -0.2) is 0 Å². The number of methoxy groups -OCH3 is 2. The molecule has 0 aliphatic carbocycles. The average Bonchev–Trinajstić information content (AvgIpc) is 2.48. The summed E-state index contributed by atoms with van der Waals surface area (Å²) in [7, 11) is 5.44. The Balaban J connectivity index is 3.08. The standard InChI is InChI=1S/C17H29NO2/c1-6-8-13(9-7-2)17(18-3)15-11-10-14(19-4)12-16(15)20-5/h10-13,17-18H,6-9H2,1-5H3. The maximum absolute atomic E-state index is 5.56. The van der Waals surface area contributed by atoms with Crippen LogP contribution in [-0.2, 0) is 0 Å². The first-order valence-corrected chi connectivity index (χ1v) is 7.60. The lowest BCUT2D eigenvalue weighted by atomic mass is 9.86. The lowest BCUT2D eigenvalue weighted by Crippen LogP contribution is -2.25. The fourth-order valence-electron chi connectivity index (χ4n) is 2.94. The van der Waals surface area contributed by atoms with Crippen molar-refractivity contribution in [1.29, 1.82) is 0 Å². The summed E-state index contributed by atoms with van der Waals surface area (Å²) in [4.78, 5) is 0. The lowest BCUT2D eigenvalue weighted by molar-refractivity contribution is 0.316. The van der Waals surface area contributed by atoms with Crippen LogP contribution in [0.4, 0.5) is 0 Å². The normalized spacial score (nSPS) is 12.5. The predicted molar refractivity (Wildman–Crippen MR) is 84.7 cm³/mol. The van der Waals surface area contributed by atoms with E-state index in [-0.39, 0.29) is 0 Å². The highest BCUT2D eigenvalue weighted by Gasteiger charge is 2.23. The van der Waals surface area contributed by atoms with Crippen LogP contribution in [0.3, 0.4) is 0 Å². The van der Waals surface area contributed by atoms with E-state index in [2.05, 4.69) is 25.2 Å². The molecule has 0 aromatic heterocycles. The Labute approximate surface area is 123 Å². The van der Waals surface area contributed by atoms with Crippen LogP contribution in [0.2, 0.25) is 0 Å². The molecule has 0 radical (unpaired) electrons. The molecule has 0 spiro atoms. The minimum atomic E-state index is 0.329. The van der Waals surface area contributed by atoms with E-state index in [0.717, 1.165) is 11.5 Å². The van der Waals surface area contributed by atoms with Gasteiger partial charge in [0.05, 0.1) is 14.2 Å². The Hall–Kier alpha value is -1.22. The number of nitrogens with one attached hydrogen (secondary N) is 1. The Morgan fingerprint density at radius 2 is 1.70 bits per heavy atom. The molecule has 1 atom stereocenters. The third-order valence-electron chi connectivity index (χ3n) is 3.88. The van der Waals surface area contributed by atoms with E-state index in [1.54, 1.807) is 14.2 Å². The monoisotopic (exact) mass is 279 g/mol. The molecule has 1 N–H and O–H groups in total. The third-order valence-corrected chi connectivity index (χ3v) is 3.88. The van der Waals surface area contributed by atoms with Crippen molar-refractivity contribution < 1.29 is 9.47 Å². The molecule has 1 aromatic carbocycles. The van der Waals surface area contributed by atoms with Crippen molar-refractivity contribution in [2.75, 3.05) is 21.3 Å². The number of hydrogen-bond donors (Lipinski definition) is 1. The van der Waals surface area contributed by atoms with E-state index >= 15 is 0 Å². The molecule has 0 saturated carbocycles. The van der Waals surface area contributed by atoms with E-state index in [1.165, 1.54) is 31.2 Å². The summed E-state index contributed by atoms with van der Waals surface area (Å²) in [6, 6.07) is 6.43. The largest absolute Gasteiger partial charge is 0.497 e. The topological polar surface area (TPSA) is 30.5 Å². The zero-order valence-corrected chi connectivity index (χ0v) is 13.5. The van der Waals surface area contributed by atoms with Crippen molar-refractivity contribution in [3.05, 3.63) is 23.8 Å². The van der Waals surface area contributed by atoms with E-state index in [4.69, 9.17) is 9.47 Å². The van der Waals surface area contributed by atoms with Gasteiger partial charge < -0.3 is 14.8 Å². The first-order valence-electron chi connectivity index (χ1n) is 7.60. The number of rotatable bonds is 9. The maximum atomic E-state index is 5.56. The molecule has 0 fully saturated rings. The summed E-state index contributed by atoms with van der Waals surface area (Å²) in [5.74, 6) is 2.38. The highest BCUT2D eigenvalue weighted by atomic mass is 16.5. The molecule has 0 aliphatic rings. The first kappa shape index (κ1) is 16.8. The van der Waals surface area contributed by atoms with Crippen LogP contribution < -0.4 is 14.8 Å². The molecule has 3 nitrogen and oxygen atoms in total. The zero-order valence-electron chi connectivity index (χ0n) is 13.5. The molecule has 1 unspecified atom stereocenters. The van der Waals surface area contributed by atoms with Crippen LogP contribution in [0.25, 0.3) is 0 Å². The number of hydrogen-bond acceptors (Lipinski definition) is 3. The smallest absolute Gasteiger partial charge is 0.127 e. The number of benzene rings is 1. The molecule has 20 heavy (non-hydrogen) atoms. The third kappa shape index (κ3) is 4.14. The van der Waals surface area contributed by atoms with Crippen LogP contribution in [0.15, 0.2) is 18.2 Å². The molecule has 0 saturated heterocycles. The molecule has 1 rings (SSSR count). The van der Waals surface area contributed by atoms with Crippen LogP contribution in [0, 0.1) is 5.92 Å². The van der Waals surface area contributed by atoms with Crippen LogP contribution in [-0.4, -0.2) is 21.3 Å². The summed E-state index contributed by atoms with van der Waals surface area (Å²) in [5.41, 5.74) is 1.22. The highest BCUT2D eigenvalue weighted by Crippen LogP contribution is 2.36. The van der Waals surface area contributed by atoms with Gasteiger partial charge in [0.25, 0.3) is 0 Å². The van der Waals surface area contributed by atoms with Crippen molar-refractivity contribution in [2.24, 2.45) is 5.92 Å². The second-order valence-corrected chi connectivity index (χ2v) is 5.21. The average molecular weight is 279 g/mol. The highest BCUT2D eigenvalue weighted by molar-refractivity contribution is 5.42. The Bertz CT molecular complexity index is 387. The van der Waals surface area contributed by atoms with Gasteiger partial charge in [-0.3, -0.25) is 0 Å². The molecular formula is C17H29NO2. The minimum Gasteiger partial charge on any atom is -0.497 e. The van der Waals surface area contributed by atoms with Crippen molar-refractivity contribution in [1.82, 2.24) is 5.32 Å². The van der Waals surface area contributed by atoms with Gasteiger partial charge in [0.2, 0.25) is 0 Å². The summed E-state index contributed by atoms with van der Waals surface area (Å²) < 4.78 is 10.8. The van der Waals surface area contributed by atoms with Crippen LogP contribution in [0.1, 0.15) is 51.1 Å². The second kappa shape index (κ2) is 8.85. The fraction of sp³-hybridized carbons (Fsp3) is 0.647. The Morgan fingerprint density at radius 3 is 2.15 bits per heavy atom. The predicted octanol–water partition coefficient (Wildman–Crippen LogP) is 4.18. The van der Waals surface area contributed by atoms with Gasteiger partial charge in [-0.15, -0.1) is 0 Å². The van der Waals surface area contributed by atoms with Crippen molar-refractivity contribution >= 4 is 0 Å². The van der Waals surface area contributed by atoms with Gasteiger partial charge in [-0.1, -0.05) is 32.8 Å². The number of ether oxygens (including phenoxy) is 2. The lowest BCUT2D eigenvalue weighted by Gasteiger charge is -2.28. The minimum absolute atomic E-state index is 0.329. The van der Waals surface area contributed by atoms with Crippen LogP contribution in [0.5, 0.6) is 11.5 Å². The molecule has 114 valence electrons. The Morgan fingerprint density at radius 1 is 1.05 bits per heavy atom. The fourth-order valence-corrected chi connectivity index (χ4v) is 2.94. The second-order valence-electron chi connectivity index (χ2n) is 5.21. The van der Waals surface area contributed by atoms with Crippen molar-refractivity contribution in [2.45, 2.75) is 45.6 Å². The SMILES string of the molecule is CCCC(CCC)C(NC)c1ccc(OC)cc1OC. The summed E-state index contributed by atoms with van der Waals surface area (Å²) in [5, 5.41) is 3.48. The molecule has 0 aliphatic heterocycles.